The van der Waals surface area contributed by atoms with Crippen molar-refractivity contribution < 1.29 is 0 Å². The molecule has 0 bridgehead atoms. The minimum Gasteiger partial charge on any atom is -0.0894 e. The van der Waals surface area contributed by atoms with Crippen molar-refractivity contribution in [3.05, 3.63) is 133 Å². The summed E-state index contributed by atoms with van der Waals surface area (Å²) < 4.78 is 0. The molecule has 0 atom stereocenters. The van der Waals surface area contributed by atoms with Crippen LogP contribution in [0.2, 0.25) is 0 Å². The quantitative estimate of drug-likeness (QED) is 0.246. The Labute approximate surface area is 209 Å². The monoisotopic (exact) mass is 470 g/mol. The number of rotatable bonds is 5. The summed E-state index contributed by atoms with van der Waals surface area (Å²) in [4.78, 5) is 5.09. The summed E-state index contributed by atoms with van der Waals surface area (Å²) in [6.45, 7) is 0. The van der Waals surface area contributed by atoms with Crippen LogP contribution in [0, 0.1) is 0 Å². The Morgan fingerprint density at radius 1 is 0.294 bits per heavy atom. The lowest BCUT2D eigenvalue weighted by Crippen LogP contribution is -1.76. The normalized spacial score (nSPS) is 11.2. The van der Waals surface area contributed by atoms with Crippen LogP contribution < -0.4 is 0 Å². The van der Waals surface area contributed by atoms with Crippen molar-refractivity contribution in [2.45, 2.75) is 19.6 Å². The molecule has 4 aliphatic carbocycles. The van der Waals surface area contributed by atoms with E-state index in [9.17, 15) is 0 Å². The molecule has 0 saturated carbocycles. The second kappa shape index (κ2) is 9.42. The average Bonchev–Trinajstić information content (AvgIpc) is 3.14. The zero-order chi connectivity index (χ0) is 22.7. The van der Waals surface area contributed by atoms with Crippen LogP contribution in [-0.4, -0.2) is 0 Å². The fourth-order valence-electron chi connectivity index (χ4n) is 4.41. The van der Waals surface area contributed by atoms with Gasteiger partial charge < -0.3 is 0 Å². The van der Waals surface area contributed by atoms with E-state index in [-0.39, 0.29) is 0 Å². The van der Waals surface area contributed by atoms with Crippen LogP contribution in [0.3, 0.4) is 0 Å². The van der Waals surface area contributed by atoms with Crippen molar-refractivity contribution in [3.63, 3.8) is 0 Å². The summed E-state index contributed by atoms with van der Waals surface area (Å²) in [5.74, 6) is 0. The minimum absolute atomic E-state index is 1.26. The molecule has 2 aromatic carbocycles. The first kappa shape index (κ1) is 21.1. The Morgan fingerprint density at radius 3 is 1.00 bits per heavy atom. The topological polar surface area (TPSA) is 0 Å². The van der Waals surface area contributed by atoms with E-state index in [1.165, 1.54) is 53.0 Å². The third-order valence-electron chi connectivity index (χ3n) is 5.97. The van der Waals surface area contributed by atoms with Crippen LogP contribution >= 0.6 is 23.5 Å². The molecule has 162 valence electrons. The van der Waals surface area contributed by atoms with Gasteiger partial charge in [-0.3, -0.25) is 0 Å². The van der Waals surface area contributed by atoms with Crippen molar-refractivity contribution in [2.75, 3.05) is 0 Å². The molecule has 4 aliphatic rings. The molecular weight excluding hydrogens is 448 g/mol. The van der Waals surface area contributed by atoms with Crippen molar-refractivity contribution >= 4 is 23.5 Å². The van der Waals surface area contributed by atoms with Gasteiger partial charge >= 0.3 is 0 Å². The van der Waals surface area contributed by atoms with Gasteiger partial charge in [-0.25, -0.2) is 0 Å². The van der Waals surface area contributed by atoms with Crippen molar-refractivity contribution in [1.82, 2.24) is 0 Å². The fourth-order valence-corrected chi connectivity index (χ4v) is 6.44. The first-order valence-corrected chi connectivity index (χ1v) is 13.0. The van der Waals surface area contributed by atoms with Gasteiger partial charge in [0.15, 0.2) is 0 Å². The zero-order valence-electron chi connectivity index (χ0n) is 18.5. The standard InChI is InChI=1S/C32H22S2/c1-5-13-23(14-6-1)33-31-21-29(25-17-9-3-11-19-27(25)31)30-22-32(34-24-15-7-2-8-16-24)28-20-12-4-10-18-26(28)30/h1-22H. The maximum Gasteiger partial charge on any atom is 0.0207 e. The number of hydrogen-bond acceptors (Lipinski definition) is 2. The van der Waals surface area contributed by atoms with Gasteiger partial charge in [-0.15, -0.1) is 0 Å². The molecule has 0 nitrogen and oxygen atoms in total. The summed E-state index contributed by atoms with van der Waals surface area (Å²) in [7, 11) is 0. The predicted molar refractivity (Wildman–Crippen MR) is 146 cm³/mol. The maximum absolute atomic E-state index is 2.38. The largest absolute Gasteiger partial charge is 0.0894 e. The molecule has 0 saturated heterocycles. The second-order valence-corrected chi connectivity index (χ2v) is 10.4. The molecule has 0 N–H and O–H groups in total. The van der Waals surface area contributed by atoms with E-state index >= 15 is 0 Å². The number of benzene rings is 2. The van der Waals surface area contributed by atoms with Gasteiger partial charge in [0.2, 0.25) is 0 Å². The van der Waals surface area contributed by atoms with Crippen molar-refractivity contribution in [1.29, 1.82) is 0 Å². The average molecular weight is 471 g/mol. The minimum atomic E-state index is 1.26. The van der Waals surface area contributed by atoms with Crippen LogP contribution in [0.4, 0.5) is 0 Å². The summed E-state index contributed by atoms with van der Waals surface area (Å²) in [6.07, 6.45) is 0. The molecule has 6 rings (SSSR count). The summed E-state index contributed by atoms with van der Waals surface area (Å²) in [5.41, 5.74) is 7.75. The van der Waals surface area contributed by atoms with Crippen LogP contribution in [0.1, 0.15) is 0 Å². The van der Waals surface area contributed by atoms with Gasteiger partial charge in [0.25, 0.3) is 0 Å². The Bertz CT molecular complexity index is 1370. The predicted octanol–water partition coefficient (Wildman–Crippen LogP) is 9.87. The molecule has 34 heavy (non-hydrogen) atoms. The molecule has 0 fully saturated rings. The zero-order valence-corrected chi connectivity index (χ0v) is 20.2. The molecular formula is C32H22S2. The summed E-state index contributed by atoms with van der Waals surface area (Å²) in [5, 5.41) is 0. The van der Waals surface area contributed by atoms with Crippen molar-refractivity contribution in [3.8, 4) is 33.4 Å². The first-order chi connectivity index (χ1) is 16.9. The molecule has 2 aromatic rings. The van der Waals surface area contributed by atoms with Gasteiger partial charge in [-0.2, -0.15) is 0 Å². The Morgan fingerprint density at radius 2 is 0.618 bits per heavy atom. The maximum atomic E-state index is 2.38. The van der Waals surface area contributed by atoms with Crippen molar-refractivity contribution in [2.24, 2.45) is 0 Å². The first-order valence-electron chi connectivity index (χ1n) is 11.4. The van der Waals surface area contributed by atoms with E-state index in [0.717, 1.165) is 0 Å². The summed E-state index contributed by atoms with van der Waals surface area (Å²) >= 11 is 3.67. The molecule has 0 radical (unpaired) electrons. The van der Waals surface area contributed by atoms with Gasteiger partial charge in [0.05, 0.1) is 0 Å². The smallest absolute Gasteiger partial charge is 0.0207 e. The highest BCUT2D eigenvalue weighted by atomic mass is 32.2. The third kappa shape index (κ3) is 4.11. The molecule has 0 spiro atoms. The molecule has 2 heteroatoms. The number of hydrogen-bond donors (Lipinski definition) is 0. The Kier molecular flexibility index (Phi) is 5.85. The van der Waals surface area contributed by atoms with Crippen LogP contribution in [-0.2, 0) is 0 Å². The van der Waals surface area contributed by atoms with E-state index in [2.05, 4.69) is 133 Å². The molecule has 0 aliphatic heterocycles. The van der Waals surface area contributed by atoms with E-state index in [0.29, 0.717) is 0 Å². The third-order valence-corrected chi connectivity index (χ3v) is 8.10. The second-order valence-electron chi connectivity index (χ2n) is 8.15. The van der Waals surface area contributed by atoms with Gasteiger partial charge in [0, 0.05) is 19.6 Å². The molecule has 0 unspecified atom stereocenters. The van der Waals surface area contributed by atoms with Gasteiger partial charge in [0.1, 0.15) is 0 Å². The highest BCUT2D eigenvalue weighted by Gasteiger charge is 2.23. The van der Waals surface area contributed by atoms with Crippen LogP contribution in [0.15, 0.2) is 153 Å². The van der Waals surface area contributed by atoms with Gasteiger partial charge in [-0.1, -0.05) is 121 Å². The fraction of sp³-hybridized carbons (Fsp3) is 0. The lowest BCUT2D eigenvalue weighted by molar-refractivity contribution is 1.44. The lowest BCUT2D eigenvalue weighted by Gasteiger charge is -2.04. The SMILES string of the molecule is c1ccc(Sc2cc(-c3cc(Sc4ccccc4)c4cccccc3-4)c3cccccc2-3)cc1. The van der Waals surface area contributed by atoms with Crippen LogP contribution in [0.25, 0.3) is 33.4 Å². The molecule has 0 amide bonds. The lowest BCUT2D eigenvalue weighted by atomic mass is 10.0. The van der Waals surface area contributed by atoms with E-state index in [1.54, 1.807) is 0 Å². The van der Waals surface area contributed by atoms with Gasteiger partial charge in [-0.05, 0) is 69.8 Å². The summed E-state index contributed by atoms with van der Waals surface area (Å²) in [6, 6.07) is 47.8. The van der Waals surface area contributed by atoms with Crippen LogP contribution in [0.5, 0.6) is 0 Å². The molecule has 0 heterocycles. The highest BCUT2D eigenvalue weighted by Crippen LogP contribution is 2.51. The van der Waals surface area contributed by atoms with E-state index in [1.807, 2.05) is 23.5 Å². The molecule has 0 aromatic heterocycles. The Hall–Kier alpha value is -3.46. The van der Waals surface area contributed by atoms with E-state index in [4.69, 9.17) is 0 Å². The van der Waals surface area contributed by atoms with E-state index < -0.39 is 0 Å². The Balaban J connectivity index is 1.52. The highest BCUT2D eigenvalue weighted by molar-refractivity contribution is 7.99. The number of fused-ring (bicyclic) bond motifs is 2.